The first-order chi connectivity index (χ1) is 15.1. The van der Waals surface area contributed by atoms with Crippen LogP contribution in [0.15, 0.2) is 60.7 Å². The number of carbonyl (C=O) groups excluding carboxylic acids is 3. The van der Waals surface area contributed by atoms with E-state index < -0.39 is 12.1 Å². The molecule has 2 aliphatic heterocycles. The van der Waals surface area contributed by atoms with E-state index in [0.29, 0.717) is 18.7 Å². The van der Waals surface area contributed by atoms with E-state index in [4.69, 9.17) is 4.74 Å². The number of benzene rings is 2. The van der Waals surface area contributed by atoms with Gasteiger partial charge in [0.1, 0.15) is 18.7 Å². The second kappa shape index (κ2) is 11.5. The fourth-order valence-corrected chi connectivity index (χ4v) is 5.12. The fraction of sp³-hybridized carbons (Fsp3) is 0.375. The van der Waals surface area contributed by atoms with E-state index in [1.54, 1.807) is 16.7 Å². The first-order valence-electron chi connectivity index (χ1n) is 10.5. The van der Waals surface area contributed by atoms with Gasteiger partial charge in [0.2, 0.25) is 11.8 Å². The van der Waals surface area contributed by atoms with Gasteiger partial charge in [-0.05, 0) is 17.5 Å². The third-order valence-electron chi connectivity index (χ3n) is 5.63. The van der Waals surface area contributed by atoms with Gasteiger partial charge in [-0.2, -0.15) is 25.3 Å². The van der Waals surface area contributed by atoms with Crippen molar-refractivity contribution in [3.63, 3.8) is 0 Å². The van der Waals surface area contributed by atoms with Gasteiger partial charge in [0.25, 0.3) is 0 Å². The van der Waals surface area contributed by atoms with Crippen molar-refractivity contribution in [2.45, 2.75) is 36.8 Å². The highest BCUT2D eigenvalue weighted by molar-refractivity contribution is 7.98. The normalized spacial score (nSPS) is 20.4. The molecule has 0 unspecified atom stereocenters. The molecular weight excluding hydrogens is 444 g/mol. The highest BCUT2D eigenvalue weighted by atomic mass is 32.2. The topological polar surface area (TPSA) is 75.7 Å². The van der Waals surface area contributed by atoms with Gasteiger partial charge in [0, 0.05) is 18.1 Å². The fourth-order valence-electron chi connectivity index (χ4n) is 4.11. The number of fused-ring (bicyclic) bond motifs is 1. The highest BCUT2D eigenvalue weighted by Crippen LogP contribution is 2.28. The lowest BCUT2D eigenvalue weighted by atomic mass is 10.1. The average Bonchev–Trinajstić information content (AvgIpc) is 3.37. The van der Waals surface area contributed by atoms with Gasteiger partial charge in [0.15, 0.2) is 5.78 Å². The van der Waals surface area contributed by atoms with Gasteiger partial charge >= 0.3 is 0 Å². The number of hydrogen-bond donors (Lipinski definition) is 1. The summed E-state index contributed by atoms with van der Waals surface area (Å²) < 4.78 is 5.51. The molecule has 0 spiro atoms. The summed E-state index contributed by atoms with van der Waals surface area (Å²) in [7, 11) is 0. The molecule has 0 radical (unpaired) electrons. The Morgan fingerprint density at radius 2 is 1.72 bits per heavy atom. The molecule has 1 N–H and O–H groups in total. The Morgan fingerprint density at radius 3 is 2.41 bits per heavy atom. The van der Waals surface area contributed by atoms with Crippen molar-refractivity contribution in [1.82, 2.24) is 10.2 Å². The van der Waals surface area contributed by atoms with Gasteiger partial charge < -0.3 is 15.0 Å². The summed E-state index contributed by atoms with van der Waals surface area (Å²) in [5.41, 5.74) is 2.05. The molecule has 0 bridgehead atoms. The first-order valence-corrected chi connectivity index (χ1v) is 11.7. The molecule has 2 heterocycles. The highest BCUT2D eigenvalue weighted by Gasteiger charge is 2.47. The molecule has 2 aromatic rings. The molecule has 6 nitrogen and oxygen atoms in total. The van der Waals surface area contributed by atoms with Gasteiger partial charge in [-0.25, -0.2) is 0 Å². The molecule has 0 aromatic heterocycles. The summed E-state index contributed by atoms with van der Waals surface area (Å²) in [5.74, 6) is 0.731. The van der Waals surface area contributed by atoms with Crippen LogP contribution in [0.3, 0.4) is 0 Å². The van der Waals surface area contributed by atoms with Crippen molar-refractivity contribution >= 4 is 42.9 Å². The molecule has 2 aromatic carbocycles. The number of ether oxygens (including phenoxy) is 1. The van der Waals surface area contributed by atoms with Crippen molar-refractivity contribution in [3.05, 3.63) is 71.8 Å². The van der Waals surface area contributed by atoms with Gasteiger partial charge in [-0.15, -0.1) is 0 Å². The van der Waals surface area contributed by atoms with Crippen molar-refractivity contribution in [1.29, 1.82) is 0 Å². The number of Topliss-reactive ketones (excluding diaryl/α,β-unsaturated/α-hetero) is 1. The van der Waals surface area contributed by atoms with Crippen LogP contribution >= 0.6 is 25.3 Å². The van der Waals surface area contributed by atoms with Crippen molar-refractivity contribution in [2.75, 3.05) is 18.9 Å². The Kier molecular flexibility index (Phi) is 8.78. The van der Waals surface area contributed by atoms with E-state index >= 15 is 0 Å². The SMILES string of the molecule is O=C(Cc1ccccc1)N[C@@H](CSCc1ccccc1)C(=O)N1CC[C@H]2OCC(=O)[C@H]21.S. The molecule has 2 amide bonds. The number of nitrogens with zero attached hydrogens (tertiary/aromatic N) is 1. The summed E-state index contributed by atoms with van der Waals surface area (Å²) in [5, 5.41) is 2.92. The Hall–Kier alpha value is -2.29. The number of rotatable bonds is 8. The van der Waals surface area contributed by atoms with Crippen LogP contribution in [0.1, 0.15) is 17.5 Å². The van der Waals surface area contributed by atoms with Crippen LogP contribution in [0.4, 0.5) is 0 Å². The zero-order valence-electron chi connectivity index (χ0n) is 17.7. The number of carbonyl (C=O) groups is 3. The van der Waals surface area contributed by atoms with Crippen LogP contribution in [0, 0.1) is 0 Å². The Balaban J connectivity index is 0.00000289. The molecular formula is C24H28N2O4S2. The average molecular weight is 473 g/mol. The predicted molar refractivity (Wildman–Crippen MR) is 130 cm³/mol. The number of nitrogens with one attached hydrogen (secondary N) is 1. The molecule has 2 saturated heterocycles. The minimum atomic E-state index is -0.683. The molecule has 3 atom stereocenters. The quantitative estimate of drug-likeness (QED) is 0.638. The monoisotopic (exact) mass is 472 g/mol. The van der Waals surface area contributed by atoms with Crippen LogP contribution in [0.2, 0.25) is 0 Å². The van der Waals surface area contributed by atoms with Crippen molar-refractivity contribution in [3.8, 4) is 0 Å². The van der Waals surface area contributed by atoms with Crippen LogP contribution in [-0.4, -0.2) is 59.6 Å². The third kappa shape index (κ3) is 5.94. The van der Waals surface area contributed by atoms with Crippen molar-refractivity contribution in [2.24, 2.45) is 0 Å². The molecule has 2 fully saturated rings. The molecule has 32 heavy (non-hydrogen) atoms. The lowest BCUT2D eigenvalue weighted by molar-refractivity contribution is -0.139. The Bertz CT molecular complexity index is 926. The van der Waals surface area contributed by atoms with Crippen LogP contribution in [0.5, 0.6) is 0 Å². The van der Waals surface area contributed by atoms with E-state index in [2.05, 4.69) is 5.32 Å². The largest absolute Gasteiger partial charge is 0.368 e. The standard InChI is InChI=1S/C24H26N2O4S.H2S/c27-20-14-30-21-11-12-26(23(20)21)24(29)19(16-31-15-18-9-5-2-6-10-18)25-22(28)13-17-7-3-1-4-8-17;/h1-10,19,21,23H,11-16H2,(H,25,28);1H2/t19-,21+,23+;/m0./s1. The van der Waals surface area contributed by atoms with Crippen LogP contribution < -0.4 is 5.32 Å². The molecule has 8 heteroatoms. The minimum Gasteiger partial charge on any atom is -0.368 e. The maximum atomic E-state index is 13.4. The van der Waals surface area contributed by atoms with E-state index in [9.17, 15) is 14.4 Å². The molecule has 170 valence electrons. The lowest BCUT2D eigenvalue weighted by Crippen LogP contribution is -2.53. The molecule has 4 rings (SSSR count). The maximum absolute atomic E-state index is 13.4. The number of amides is 2. The number of thioether (sulfide) groups is 1. The smallest absolute Gasteiger partial charge is 0.246 e. The Labute approximate surface area is 199 Å². The number of ketones is 1. The summed E-state index contributed by atoms with van der Waals surface area (Å²) in [4.78, 5) is 39.9. The van der Waals surface area contributed by atoms with Gasteiger partial charge in [-0.1, -0.05) is 60.7 Å². The summed E-state index contributed by atoms with van der Waals surface area (Å²) in [6.07, 6.45) is 0.653. The lowest BCUT2D eigenvalue weighted by Gasteiger charge is -2.27. The summed E-state index contributed by atoms with van der Waals surface area (Å²) >= 11 is 1.60. The minimum absolute atomic E-state index is 0. The summed E-state index contributed by atoms with van der Waals surface area (Å²) in [6.45, 7) is 0.543. The van der Waals surface area contributed by atoms with Crippen LogP contribution in [-0.2, 0) is 31.3 Å². The van der Waals surface area contributed by atoms with E-state index in [-0.39, 0.29) is 50.2 Å². The van der Waals surface area contributed by atoms with E-state index in [1.807, 2.05) is 60.7 Å². The Morgan fingerprint density at radius 1 is 1.06 bits per heavy atom. The number of hydrogen-bond acceptors (Lipinski definition) is 5. The van der Waals surface area contributed by atoms with E-state index in [0.717, 1.165) is 16.9 Å². The molecule has 0 saturated carbocycles. The van der Waals surface area contributed by atoms with Gasteiger partial charge in [-0.3, -0.25) is 14.4 Å². The second-order valence-corrected chi connectivity index (χ2v) is 8.89. The first kappa shape index (κ1) is 24.4. The zero-order chi connectivity index (χ0) is 21.6. The maximum Gasteiger partial charge on any atom is 0.246 e. The number of likely N-dealkylation sites (tertiary alicyclic amines) is 1. The predicted octanol–water partition coefficient (Wildman–Crippen LogP) is 2.33. The van der Waals surface area contributed by atoms with Crippen LogP contribution in [0.25, 0.3) is 0 Å². The molecule has 0 aliphatic carbocycles. The van der Waals surface area contributed by atoms with E-state index in [1.165, 1.54) is 0 Å². The third-order valence-corrected chi connectivity index (χ3v) is 6.74. The zero-order valence-corrected chi connectivity index (χ0v) is 19.6. The second-order valence-electron chi connectivity index (χ2n) is 7.86. The van der Waals surface area contributed by atoms with Crippen molar-refractivity contribution < 1.29 is 19.1 Å². The molecule has 2 aliphatic rings. The summed E-state index contributed by atoms with van der Waals surface area (Å²) in [6, 6.07) is 18.3. The van der Waals surface area contributed by atoms with Gasteiger partial charge in [0.05, 0.1) is 12.5 Å².